The molecule has 0 radical (unpaired) electrons. The molecule has 1 aromatic heterocycles. The summed E-state index contributed by atoms with van der Waals surface area (Å²) < 4.78 is 1.84. The summed E-state index contributed by atoms with van der Waals surface area (Å²) in [5.41, 5.74) is 8.98. The minimum Gasteiger partial charge on any atom is -0.381 e. The van der Waals surface area contributed by atoms with Gasteiger partial charge in [0.05, 0.1) is 6.20 Å². The van der Waals surface area contributed by atoms with Gasteiger partial charge in [0, 0.05) is 36.2 Å². The van der Waals surface area contributed by atoms with Gasteiger partial charge in [-0.15, -0.1) is 0 Å². The van der Waals surface area contributed by atoms with Crippen LogP contribution < -0.4 is 16.4 Å². The molecule has 0 aliphatic heterocycles. The Labute approximate surface area is 111 Å². The number of aromatic nitrogens is 2. The van der Waals surface area contributed by atoms with Crippen LogP contribution in [0.5, 0.6) is 0 Å². The van der Waals surface area contributed by atoms with Gasteiger partial charge < -0.3 is 16.4 Å². The third-order valence-corrected chi connectivity index (χ3v) is 2.97. The first-order chi connectivity index (χ1) is 9.06. The number of rotatable bonds is 4. The van der Waals surface area contributed by atoms with Crippen molar-refractivity contribution < 1.29 is 4.79 Å². The van der Waals surface area contributed by atoms with Gasteiger partial charge in [0.15, 0.2) is 0 Å². The third-order valence-electron chi connectivity index (χ3n) is 2.97. The topological polar surface area (TPSA) is 85.0 Å². The molecule has 0 fully saturated rings. The molecule has 0 aliphatic rings. The largest absolute Gasteiger partial charge is 0.381 e. The highest BCUT2D eigenvalue weighted by atomic mass is 16.2. The summed E-state index contributed by atoms with van der Waals surface area (Å²) in [5.74, 6) is 0. The first-order valence-corrected chi connectivity index (χ1v) is 5.94. The Morgan fingerprint density at radius 1 is 1.32 bits per heavy atom. The highest BCUT2D eigenvalue weighted by molar-refractivity contribution is 5.87. The second-order valence-corrected chi connectivity index (χ2v) is 4.30. The van der Waals surface area contributed by atoms with Gasteiger partial charge in [-0.25, -0.2) is 4.79 Å². The molecular weight excluding hydrogens is 242 g/mol. The minimum absolute atomic E-state index is 0.563. The number of benzene rings is 1. The molecular formula is C13H17N5O. The summed E-state index contributed by atoms with van der Waals surface area (Å²) >= 11 is 0. The van der Waals surface area contributed by atoms with Gasteiger partial charge in [-0.2, -0.15) is 5.10 Å². The standard InChI is InChI=1S/C13H17N5O/c1-9-10(8-16-18(9)2)7-15-11-3-5-12(6-4-11)17-13(14)19/h3-6,8,15H,7H2,1-2H3,(H3,14,17,19). The van der Waals surface area contributed by atoms with Gasteiger partial charge in [-0.05, 0) is 31.2 Å². The van der Waals surface area contributed by atoms with E-state index in [0.717, 1.165) is 16.9 Å². The van der Waals surface area contributed by atoms with Crippen LogP contribution in [-0.2, 0) is 13.6 Å². The molecule has 2 amide bonds. The fourth-order valence-corrected chi connectivity index (χ4v) is 1.73. The van der Waals surface area contributed by atoms with E-state index >= 15 is 0 Å². The van der Waals surface area contributed by atoms with Crippen LogP contribution in [0.3, 0.4) is 0 Å². The van der Waals surface area contributed by atoms with E-state index in [1.165, 1.54) is 0 Å². The predicted molar refractivity (Wildman–Crippen MR) is 74.9 cm³/mol. The Hall–Kier alpha value is -2.50. The van der Waals surface area contributed by atoms with E-state index in [4.69, 9.17) is 5.73 Å². The number of hydrogen-bond acceptors (Lipinski definition) is 3. The normalized spacial score (nSPS) is 10.2. The van der Waals surface area contributed by atoms with E-state index in [2.05, 4.69) is 15.7 Å². The highest BCUT2D eigenvalue weighted by Crippen LogP contribution is 2.15. The van der Waals surface area contributed by atoms with Crippen LogP contribution in [0.1, 0.15) is 11.3 Å². The number of aryl methyl sites for hydroxylation is 1. The molecule has 6 heteroatoms. The van der Waals surface area contributed by atoms with E-state index in [1.807, 2.05) is 37.0 Å². The van der Waals surface area contributed by atoms with Gasteiger partial charge in [-0.3, -0.25) is 4.68 Å². The van der Waals surface area contributed by atoms with E-state index in [9.17, 15) is 4.79 Å². The number of primary amides is 1. The molecule has 0 saturated carbocycles. The zero-order chi connectivity index (χ0) is 13.8. The van der Waals surface area contributed by atoms with Crippen molar-refractivity contribution in [2.24, 2.45) is 12.8 Å². The summed E-state index contributed by atoms with van der Waals surface area (Å²) in [6.45, 7) is 2.74. The van der Waals surface area contributed by atoms with Crippen molar-refractivity contribution in [1.29, 1.82) is 0 Å². The number of carbonyl (C=O) groups excluding carboxylic acids is 1. The van der Waals surface area contributed by atoms with Crippen LogP contribution in [0.25, 0.3) is 0 Å². The van der Waals surface area contributed by atoms with Gasteiger partial charge in [0.25, 0.3) is 0 Å². The first kappa shape index (κ1) is 12.9. The van der Waals surface area contributed by atoms with E-state index in [-0.39, 0.29) is 0 Å². The van der Waals surface area contributed by atoms with Crippen molar-refractivity contribution in [3.05, 3.63) is 41.7 Å². The van der Waals surface area contributed by atoms with Crippen molar-refractivity contribution >= 4 is 17.4 Å². The summed E-state index contributed by atoms with van der Waals surface area (Å²) in [4.78, 5) is 10.7. The number of anilines is 2. The lowest BCUT2D eigenvalue weighted by Gasteiger charge is -2.07. The van der Waals surface area contributed by atoms with Crippen LogP contribution in [0.4, 0.5) is 16.2 Å². The molecule has 0 saturated heterocycles. The molecule has 19 heavy (non-hydrogen) atoms. The van der Waals surface area contributed by atoms with Crippen LogP contribution in [0, 0.1) is 6.92 Å². The van der Waals surface area contributed by atoms with Crippen molar-refractivity contribution in [2.75, 3.05) is 10.6 Å². The lowest BCUT2D eigenvalue weighted by atomic mass is 10.2. The Bertz CT molecular complexity index is 573. The number of nitrogens with zero attached hydrogens (tertiary/aromatic N) is 2. The number of nitrogens with two attached hydrogens (primary N) is 1. The molecule has 100 valence electrons. The molecule has 0 atom stereocenters. The molecule has 0 unspecified atom stereocenters. The van der Waals surface area contributed by atoms with E-state index in [0.29, 0.717) is 12.2 Å². The average molecular weight is 259 g/mol. The van der Waals surface area contributed by atoms with Crippen LogP contribution >= 0.6 is 0 Å². The maximum atomic E-state index is 10.7. The Balaban J connectivity index is 1.96. The smallest absolute Gasteiger partial charge is 0.316 e. The third kappa shape index (κ3) is 3.25. The van der Waals surface area contributed by atoms with Crippen LogP contribution in [-0.4, -0.2) is 15.8 Å². The van der Waals surface area contributed by atoms with Crippen molar-refractivity contribution in [3.8, 4) is 0 Å². The van der Waals surface area contributed by atoms with Crippen molar-refractivity contribution in [1.82, 2.24) is 9.78 Å². The molecule has 2 rings (SSSR count). The van der Waals surface area contributed by atoms with E-state index in [1.54, 1.807) is 12.1 Å². The van der Waals surface area contributed by atoms with Gasteiger partial charge >= 0.3 is 6.03 Å². The predicted octanol–water partition coefficient (Wildman–Crippen LogP) is 1.83. The summed E-state index contributed by atoms with van der Waals surface area (Å²) in [6.07, 6.45) is 1.85. The Morgan fingerprint density at radius 3 is 2.47 bits per heavy atom. The Morgan fingerprint density at radius 2 is 1.95 bits per heavy atom. The molecule has 2 aromatic rings. The van der Waals surface area contributed by atoms with Gasteiger partial charge in [0.2, 0.25) is 0 Å². The molecule has 0 bridgehead atoms. The van der Waals surface area contributed by atoms with Crippen LogP contribution in [0.15, 0.2) is 30.5 Å². The maximum Gasteiger partial charge on any atom is 0.316 e. The Kier molecular flexibility index (Phi) is 3.70. The lowest BCUT2D eigenvalue weighted by Crippen LogP contribution is -2.19. The number of hydrogen-bond donors (Lipinski definition) is 3. The summed E-state index contributed by atoms with van der Waals surface area (Å²) in [6, 6.07) is 6.80. The average Bonchev–Trinajstić information content (AvgIpc) is 2.69. The van der Waals surface area contributed by atoms with Gasteiger partial charge in [-0.1, -0.05) is 0 Å². The SMILES string of the molecule is Cc1c(CNc2ccc(NC(N)=O)cc2)cnn1C. The molecule has 0 spiro atoms. The van der Waals surface area contributed by atoms with Crippen LogP contribution in [0.2, 0.25) is 0 Å². The number of nitrogens with one attached hydrogen (secondary N) is 2. The molecule has 0 aliphatic carbocycles. The first-order valence-electron chi connectivity index (χ1n) is 5.94. The zero-order valence-electron chi connectivity index (χ0n) is 11.0. The second-order valence-electron chi connectivity index (χ2n) is 4.30. The molecule has 4 N–H and O–H groups in total. The minimum atomic E-state index is -0.563. The summed E-state index contributed by atoms with van der Waals surface area (Å²) in [7, 11) is 1.92. The van der Waals surface area contributed by atoms with E-state index < -0.39 is 6.03 Å². The van der Waals surface area contributed by atoms with Gasteiger partial charge in [0.1, 0.15) is 0 Å². The fourth-order valence-electron chi connectivity index (χ4n) is 1.73. The maximum absolute atomic E-state index is 10.7. The monoisotopic (exact) mass is 259 g/mol. The number of carbonyl (C=O) groups is 1. The zero-order valence-corrected chi connectivity index (χ0v) is 11.0. The molecule has 6 nitrogen and oxygen atoms in total. The molecule has 1 aromatic carbocycles. The van der Waals surface area contributed by atoms with Crippen molar-refractivity contribution in [2.45, 2.75) is 13.5 Å². The fraction of sp³-hybridized carbons (Fsp3) is 0.231. The quantitative estimate of drug-likeness (QED) is 0.783. The van der Waals surface area contributed by atoms with Crippen molar-refractivity contribution in [3.63, 3.8) is 0 Å². The molecule has 1 heterocycles. The lowest BCUT2D eigenvalue weighted by molar-refractivity contribution is 0.259. The second kappa shape index (κ2) is 5.43. The number of urea groups is 1. The highest BCUT2D eigenvalue weighted by Gasteiger charge is 2.03. The summed E-state index contributed by atoms with van der Waals surface area (Å²) in [5, 5.41) is 10.0. The number of amides is 2.